The number of nitrogens with zero attached hydrogens (tertiary/aromatic N) is 5. The van der Waals surface area contributed by atoms with E-state index in [4.69, 9.17) is 32.6 Å². The lowest BCUT2D eigenvalue weighted by atomic mass is 10.0. The second-order valence-electron chi connectivity index (χ2n) is 14.1. The lowest BCUT2D eigenvalue weighted by Gasteiger charge is -2.25. The van der Waals surface area contributed by atoms with Crippen LogP contribution in [0.1, 0.15) is 65.5 Å². The average molecular weight is 768 g/mol. The fourth-order valence-corrected chi connectivity index (χ4v) is 8.24. The Morgan fingerprint density at radius 3 is 2.59 bits per heavy atom. The molecule has 13 nitrogen and oxygen atoms in total. The predicted molar refractivity (Wildman–Crippen MR) is 202 cm³/mol. The highest BCUT2D eigenvalue weighted by atomic mass is 35.5. The van der Waals surface area contributed by atoms with Crippen molar-refractivity contribution in [3.63, 3.8) is 0 Å². The zero-order valence-electron chi connectivity index (χ0n) is 29.1. The van der Waals surface area contributed by atoms with Crippen LogP contribution in [0.4, 0.5) is 5.69 Å². The van der Waals surface area contributed by atoms with Crippen molar-refractivity contribution in [2.24, 2.45) is 5.92 Å². The molecule has 15 heteroatoms. The fourth-order valence-electron chi connectivity index (χ4n) is 7.66. The van der Waals surface area contributed by atoms with Crippen molar-refractivity contribution in [3.8, 4) is 28.7 Å². The molecule has 2 aromatic heterocycles. The standard InChI is InChI=1S/C39H36Cl2N8O5/c40-34-25(4-1-6-27(34)38-46-30-15-21(14-23(17-42)36(30)54-38)19-48-13-11-22(20-48)39(52)53)26-5-2-7-29(35(26)41)45-37(51)31-16-32-28(8-3-12-49(32)47-31)43-18-24-9-10-33(50)44-24/h1-2,4-7,14-16,22,24,28,43H,3,8-13,18-20H2,(H,44,50)(H,45,51)(H,52,53)/t22-,24+,28?/m1/s1. The van der Waals surface area contributed by atoms with Crippen LogP contribution in [0.15, 0.2) is 59.0 Å². The van der Waals surface area contributed by atoms with E-state index in [-0.39, 0.29) is 34.6 Å². The summed E-state index contributed by atoms with van der Waals surface area (Å²) in [7, 11) is 0. The van der Waals surface area contributed by atoms with Crippen molar-refractivity contribution in [3.05, 3.63) is 87.2 Å². The van der Waals surface area contributed by atoms with Crippen LogP contribution in [0.2, 0.25) is 10.0 Å². The first-order valence-electron chi connectivity index (χ1n) is 17.9. The van der Waals surface area contributed by atoms with E-state index >= 15 is 0 Å². The minimum atomic E-state index is -0.799. The number of likely N-dealkylation sites (tertiary alicyclic amines) is 1. The van der Waals surface area contributed by atoms with Crippen molar-refractivity contribution in [1.82, 2.24) is 30.3 Å². The van der Waals surface area contributed by atoms with E-state index in [9.17, 15) is 24.8 Å². The van der Waals surface area contributed by atoms with Gasteiger partial charge >= 0.3 is 5.97 Å². The van der Waals surface area contributed by atoms with Gasteiger partial charge in [0.1, 0.15) is 11.6 Å². The van der Waals surface area contributed by atoms with Gasteiger partial charge < -0.3 is 25.5 Å². The molecule has 2 saturated heterocycles. The number of carbonyl (C=O) groups excluding carboxylic acids is 2. The molecule has 8 rings (SSSR count). The summed E-state index contributed by atoms with van der Waals surface area (Å²) in [6.07, 6.45) is 3.75. The maximum atomic E-state index is 13.5. The fraction of sp³-hybridized carbons (Fsp3) is 0.333. The lowest BCUT2D eigenvalue weighted by Crippen LogP contribution is -2.38. The Bertz CT molecular complexity index is 2350. The Hall–Kier alpha value is -5.26. The van der Waals surface area contributed by atoms with E-state index < -0.39 is 17.8 Å². The van der Waals surface area contributed by atoms with Gasteiger partial charge in [-0.25, -0.2) is 4.98 Å². The number of carbonyl (C=O) groups is 3. The van der Waals surface area contributed by atoms with Gasteiger partial charge in [0.2, 0.25) is 11.8 Å². The zero-order valence-corrected chi connectivity index (χ0v) is 30.6. The number of nitrogens with one attached hydrogen (secondary N) is 3. The molecule has 0 radical (unpaired) electrons. The van der Waals surface area contributed by atoms with Crippen LogP contribution in [0.25, 0.3) is 33.7 Å². The molecule has 5 heterocycles. The van der Waals surface area contributed by atoms with Crippen molar-refractivity contribution in [2.45, 2.75) is 57.3 Å². The first-order valence-corrected chi connectivity index (χ1v) is 18.7. The number of halogens is 2. The van der Waals surface area contributed by atoms with Crippen molar-refractivity contribution in [1.29, 1.82) is 5.26 Å². The van der Waals surface area contributed by atoms with Gasteiger partial charge in [0.25, 0.3) is 5.91 Å². The minimum absolute atomic E-state index is 0.0184. The number of nitriles is 1. The molecular formula is C39H36Cl2N8O5. The average Bonchev–Trinajstić information content (AvgIpc) is 3.98. The molecule has 2 fully saturated rings. The van der Waals surface area contributed by atoms with Gasteiger partial charge in [0.05, 0.1) is 38.5 Å². The van der Waals surface area contributed by atoms with Crippen LogP contribution in [-0.4, -0.2) is 68.2 Å². The Balaban J connectivity index is 1.01. The summed E-state index contributed by atoms with van der Waals surface area (Å²) < 4.78 is 8.00. The van der Waals surface area contributed by atoms with Crippen molar-refractivity contribution < 1.29 is 23.9 Å². The molecular weight excluding hydrogens is 731 g/mol. The van der Waals surface area contributed by atoms with Crippen LogP contribution in [0.3, 0.4) is 0 Å². The number of hydrogen-bond donors (Lipinski definition) is 4. The van der Waals surface area contributed by atoms with E-state index in [0.717, 1.165) is 30.5 Å². The molecule has 3 atom stereocenters. The van der Waals surface area contributed by atoms with Gasteiger partial charge in [-0.3, -0.25) is 24.0 Å². The summed E-state index contributed by atoms with van der Waals surface area (Å²) in [6, 6.07) is 18.4. The number of hydrogen-bond acceptors (Lipinski definition) is 9. The van der Waals surface area contributed by atoms with E-state index in [1.54, 1.807) is 42.5 Å². The normalized spacial score (nSPS) is 19.8. The second-order valence-corrected chi connectivity index (χ2v) is 14.8. The first-order chi connectivity index (χ1) is 26.1. The van der Waals surface area contributed by atoms with Gasteiger partial charge in [0, 0.05) is 55.8 Å². The van der Waals surface area contributed by atoms with Crippen LogP contribution < -0.4 is 16.0 Å². The lowest BCUT2D eigenvalue weighted by molar-refractivity contribution is -0.141. The van der Waals surface area contributed by atoms with Crippen molar-refractivity contribution in [2.75, 3.05) is 25.0 Å². The van der Waals surface area contributed by atoms with Crippen LogP contribution >= 0.6 is 23.2 Å². The zero-order chi connectivity index (χ0) is 37.5. The summed E-state index contributed by atoms with van der Waals surface area (Å²) in [5.74, 6) is -1.30. The highest BCUT2D eigenvalue weighted by Gasteiger charge is 2.29. The van der Waals surface area contributed by atoms with Crippen LogP contribution in [0.5, 0.6) is 0 Å². The third kappa shape index (κ3) is 7.05. The first kappa shape index (κ1) is 35.8. The highest BCUT2D eigenvalue weighted by Crippen LogP contribution is 2.42. The van der Waals surface area contributed by atoms with Gasteiger partial charge in [-0.15, -0.1) is 0 Å². The largest absolute Gasteiger partial charge is 0.481 e. The molecule has 0 aliphatic carbocycles. The summed E-state index contributed by atoms with van der Waals surface area (Å²) in [5.41, 5.74) is 5.22. The molecule has 3 aliphatic rings. The number of aliphatic carboxylic acids is 1. The Morgan fingerprint density at radius 1 is 1.04 bits per heavy atom. The van der Waals surface area contributed by atoms with Crippen LogP contribution in [-0.2, 0) is 22.7 Å². The number of oxazole rings is 1. The van der Waals surface area contributed by atoms with Gasteiger partial charge in [-0.2, -0.15) is 10.4 Å². The number of rotatable bonds is 10. The third-order valence-electron chi connectivity index (χ3n) is 10.4. The van der Waals surface area contributed by atoms with Gasteiger partial charge in [0.15, 0.2) is 11.3 Å². The molecule has 3 aromatic carbocycles. The quantitative estimate of drug-likeness (QED) is 0.124. The van der Waals surface area contributed by atoms with E-state index in [1.165, 1.54) is 0 Å². The van der Waals surface area contributed by atoms with Gasteiger partial charge in [-0.05, 0) is 68.1 Å². The Labute approximate surface area is 320 Å². The molecule has 5 aromatic rings. The monoisotopic (exact) mass is 766 g/mol. The second kappa shape index (κ2) is 14.9. The van der Waals surface area contributed by atoms with E-state index in [0.29, 0.717) is 89.6 Å². The molecule has 0 bridgehead atoms. The molecule has 4 N–H and O–H groups in total. The Morgan fingerprint density at radius 2 is 1.83 bits per heavy atom. The van der Waals surface area contributed by atoms with Gasteiger partial charge in [-0.1, -0.05) is 47.5 Å². The number of fused-ring (bicyclic) bond motifs is 2. The maximum Gasteiger partial charge on any atom is 0.307 e. The Kier molecular flexibility index (Phi) is 9.85. The molecule has 0 saturated carbocycles. The number of amides is 2. The topological polar surface area (TPSA) is 178 Å². The number of aryl methyl sites for hydroxylation is 1. The number of carboxylic acids is 1. The molecule has 1 unspecified atom stereocenters. The molecule has 276 valence electrons. The minimum Gasteiger partial charge on any atom is -0.481 e. The van der Waals surface area contributed by atoms with E-state index in [2.05, 4.69) is 32.0 Å². The molecule has 3 aliphatic heterocycles. The van der Waals surface area contributed by atoms with Crippen LogP contribution in [0, 0.1) is 17.2 Å². The summed E-state index contributed by atoms with van der Waals surface area (Å²) in [4.78, 5) is 43.4. The SMILES string of the molecule is N#Cc1cc(CN2CC[C@@H](C(=O)O)C2)cc2nc(-c3cccc(-c4cccc(NC(=O)c5cc6n(n5)CCCC6NC[C@@H]5CCC(=O)N5)c4Cl)c3Cl)oc12. The number of carboxylic acid groups (broad SMARTS) is 1. The molecule has 54 heavy (non-hydrogen) atoms. The summed E-state index contributed by atoms with van der Waals surface area (Å²) in [5, 5.41) is 34.0. The highest BCUT2D eigenvalue weighted by molar-refractivity contribution is 6.39. The number of benzene rings is 3. The third-order valence-corrected chi connectivity index (χ3v) is 11.2. The predicted octanol–water partition coefficient (Wildman–Crippen LogP) is 6.40. The number of aromatic nitrogens is 3. The van der Waals surface area contributed by atoms with Crippen molar-refractivity contribution >= 4 is 57.8 Å². The maximum absolute atomic E-state index is 13.5. The molecule has 2 amide bonds. The smallest absolute Gasteiger partial charge is 0.307 e. The number of anilines is 1. The molecule has 0 spiro atoms. The van der Waals surface area contributed by atoms with E-state index in [1.807, 2.05) is 16.8 Å². The summed E-state index contributed by atoms with van der Waals surface area (Å²) >= 11 is 14.0. The summed E-state index contributed by atoms with van der Waals surface area (Å²) in [6.45, 7) is 2.95.